The summed E-state index contributed by atoms with van der Waals surface area (Å²) in [6.45, 7) is 1.77. The van der Waals surface area contributed by atoms with Gasteiger partial charge in [0.15, 0.2) is 0 Å². The Labute approximate surface area is 111 Å². The first-order valence-corrected chi connectivity index (χ1v) is 6.18. The van der Waals surface area contributed by atoms with Crippen molar-refractivity contribution in [1.29, 1.82) is 0 Å². The second-order valence-corrected chi connectivity index (χ2v) is 4.15. The maximum Gasteiger partial charge on any atom is 0.271 e. The zero-order valence-electron chi connectivity index (χ0n) is 10.6. The SMILES string of the molecule is NCCn1cnc(C(=O)NCCc2ccncc2)c1. The van der Waals surface area contributed by atoms with E-state index in [-0.39, 0.29) is 5.91 Å². The lowest BCUT2D eigenvalue weighted by molar-refractivity contribution is 0.0949. The minimum absolute atomic E-state index is 0.162. The standard InChI is InChI=1S/C13H17N5O/c14-4-8-18-9-12(17-10-18)13(19)16-7-3-11-1-5-15-6-2-11/h1-2,5-6,9-10H,3-4,7-8,14H2,(H,16,19). The van der Waals surface area contributed by atoms with Crippen molar-refractivity contribution in [2.24, 2.45) is 5.73 Å². The third kappa shape index (κ3) is 3.89. The smallest absolute Gasteiger partial charge is 0.271 e. The van der Waals surface area contributed by atoms with E-state index in [9.17, 15) is 4.79 Å². The van der Waals surface area contributed by atoms with Crippen LogP contribution >= 0.6 is 0 Å². The van der Waals surface area contributed by atoms with Crippen LogP contribution in [0.2, 0.25) is 0 Å². The summed E-state index contributed by atoms with van der Waals surface area (Å²) in [5, 5.41) is 2.84. The summed E-state index contributed by atoms with van der Waals surface area (Å²) in [6, 6.07) is 3.87. The van der Waals surface area contributed by atoms with Gasteiger partial charge in [-0.05, 0) is 24.1 Å². The van der Waals surface area contributed by atoms with Crippen molar-refractivity contribution in [2.75, 3.05) is 13.1 Å². The largest absolute Gasteiger partial charge is 0.350 e. The molecule has 0 aromatic carbocycles. The summed E-state index contributed by atoms with van der Waals surface area (Å²) >= 11 is 0. The monoisotopic (exact) mass is 259 g/mol. The molecule has 2 rings (SSSR count). The molecule has 0 aliphatic heterocycles. The number of nitrogens with zero attached hydrogens (tertiary/aromatic N) is 3. The quantitative estimate of drug-likeness (QED) is 0.776. The number of imidazole rings is 1. The number of carbonyl (C=O) groups excluding carboxylic acids is 1. The van der Waals surface area contributed by atoms with Gasteiger partial charge >= 0.3 is 0 Å². The van der Waals surface area contributed by atoms with Gasteiger partial charge in [-0.3, -0.25) is 9.78 Å². The number of aromatic nitrogens is 3. The first kappa shape index (κ1) is 13.2. The van der Waals surface area contributed by atoms with Crippen LogP contribution in [0.1, 0.15) is 16.1 Å². The maximum atomic E-state index is 11.8. The molecule has 3 N–H and O–H groups in total. The lowest BCUT2D eigenvalue weighted by atomic mass is 10.2. The molecule has 2 heterocycles. The summed E-state index contributed by atoms with van der Waals surface area (Å²) in [7, 11) is 0. The van der Waals surface area contributed by atoms with Crippen LogP contribution in [-0.2, 0) is 13.0 Å². The molecule has 0 aliphatic rings. The van der Waals surface area contributed by atoms with E-state index in [1.165, 1.54) is 0 Å². The Morgan fingerprint density at radius 2 is 2.16 bits per heavy atom. The highest BCUT2D eigenvalue weighted by molar-refractivity contribution is 5.91. The lowest BCUT2D eigenvalue weighted by Crippen LogP contribution is -2.26. The van der Waals surface area contributed by atoms with E-state index < -0.39 is 0 Å². The number of nitrogens with two attached hydrogens (primary N) is 1. The van der Waals surface area contributed by atoms with E-state index in [1.54, 1.807) is 29.5 Å². The molecule has 0 unspecified atom stereocenters. The first-order chi connectivity index (χ1) is 9.29. The summed E-state index contributed by atoms with van der Waals surface area (Å²) in [5.41, 5.74) is 7.00. The van der Waals surface area contributed by atoms with Crippen LogP contribution < -0.4 is 11.1 Å². The Hall–Kier alpha value is -2.21. The molecule has 1 amide bonds. The molecule has 2 aromatic rings. The van der Waals surface area contributed by atoms with Crippen LogP contribution in [0.5, 0.6) is 0 Å². The van der Waals surface area contributed by atoms with E-state index in [1.807, 2.05) is 12.1 Å². The minimum Gasteiger partial charge on any atom is -0.350 e. The summed E-state index contributed by atoms with van der Waals surface area (Å²) in [4.78, 5) is 19.8. The highest BCUT2D eigenvalue weighted by Crippen LogP contribution is 1.98. The van der Waals surface area contributed by atoms with Gasteiger partial charge in [0.2, 0.25) is 0 Å². The number of rotatable bonds is 6. The van der Waals surface area contributed by atoms with E-state index in [0.717, 1.165) is 12.0 Å². The van der Waals surface area contributed by atoms with Gasteiger partial charge in [-0.15, -0.1) is 0 Å². The Bertz CT molecular complexity index is 523. The molecular weight excluding hydrogens is 242 g/mol. The summed E-state index contributed by atoms with van der Waals surface area (Å²) < 4.78 is 1.80. The van der Waals surface area contributed by atoms with Gasteiger partial charge in [0.05, 0.1) is 6.33 Å². The first-order valence-electron chi connectivity index (χ1n) is 6.18. The van der Waals surface area contributed by atoms with E-state index in [2.05, 4.69) is 15.3 Å². The highest BCUT2D eigenvalue weighted by atomic mass is 16.1. The highest BCUT2D eigenvalue weighted by Gasteiger charge is 2.08. The normalized spacial score (nSPS) is 10.4. The van der Waals surface area contributed by atoms with Gasteiger partial charge in [0, 0.05) is 38.2 Å². The average molecular weight is 259 g/mol. The number of nitrogens with one attached hydrogen (secondary N) is 1. The van der Waals surface area contributed by atoms with Gasteiger partial charge in [-0.1, -0.05) is 0 Å². The molecular formula is C13H17N5O. The van der Waals surface area contributed by atoms with Gasteiger partial charge in [0.1, 0.15) is 5.69 Å². The van der Waals surface area contributed by atoms with Gasteiger partial charge in [-0.2, -0.15) is 0 Å². The molecule has 0 saturated heterocycles. The maximum absolute atomic E-state index is 11.8. The Morgan fingerprint density at radius 1 is 1.37 bits per heavy atom. The van der Waals surface area contributed by atoms with Crippen LogP contribution in [0, 0.1) is 0 Å². The molecule has 2 aromatic heterocycles. The summed E-state index contributed by atoms with van der Waals surface area (Å²) in [6.07, 6.45) is 7.58. The second kappa shape index (κ2) is 6.65. The molecule has 0 bridgehead atoms. The van der Waals surface area contributed by atoms with Gasteiger partial charge in [-0.25, -0.2) is 4.98 Å². The molecule has 0 fully saturated rings. The van der Waals surface area contributed by atoms with Crippen LogP contribution in [0.3, 0.4) is 0 Å². The lowest BCUT2D eigenvalue weighted by Gasteiger charge is -2.03. The van der Waals surface area contributed by atoms with Crippen molar-refractivity contribution in [3.05, 3.63) is 48.3 Å². The minimum atomic E-state index is -0.162. The Kier molecular flexibility index (Phi) is 4.63. The molecule has 0 aliphatic carbocycles. The number of carbonyl (C=O) groups is 1. The third-order valence-electron chi connectivity index (χ3n) is 2.70. The second-order valence-electron chi connectivity index (χ2n) is 4.15. The van der Waals surface area contributed by atoms with Crippen LogP contribution in [0.25, 0.3) is 0 Å². The summed E-state index contributed by atoms with van der Waals surface area (Å²) in [5.74, 6) is -0.162. The Morgan fingerprint density at radius 3 is 2.89 bits per heavy atom. The molecule has 0 spiro atoms. The molecule has 0 radical (unpaired) electrons. The number of amides is 1. The number of pyridine rings is 1. The van der Waals surface area contributed by atoms with Gasteiger partial charge in [0.25, 0.3) is 5.91 Å². The topological polar surface area (TPSA) is 85.8 Å². The molecule has 6 heteroatoms. The van der Waals surface area contributed by atoms with Crippen molar-refractivity contribution in [3.63, 3.8) is 0 Å². The average Bonchev–Trinajstić information content (AvgIpc) is 2.89. The molecule has 19 heavy (non-hydrogen) atoms. The molecule has 6 nitrogen and oxygen atoms in total. The molecule has 0 atom stereocenters. The number of hydrogen-bond acceptors (Lipinski definition) is 4. The number of hydrogen-bond donors (Lipinski definition) is 2. The van der Waals surface area contributed by atoms with Crippen molar-refractivity contribution in [1.82, 2.24) is 19.9 Å². The van der Waals surface area contributed by atoms with Crippen molar-refractivity contribution in [2.45, 2.75) is 13.0 Å². The fourth-order valence-electron chi connectivity index (χ4n) is 1.71. The van der Waals surface area contributed by atoms with E-state index in [0.29, 0.717) is 25.3 Å². The van der Waals surface area contributed by atoms with Crippen molar-refractivity contribution < 1.29 is 4.79 Å². The van der Waals surface area contributed by atoms with Crippen molar-refractivity contribution >= 4 is 5.91 Å². The van der Waals surface area contributed by atoms with E-state index >= 15 is 0 Å². The zero-order chi connectivity index (χ0) is 13.5. The third-order valence-corrected chi connectivity index (χ3v) is 2.70. The van der Waals surface area contributed by atoms with Crippen LogP contribution in [0.15, 0.2) is 37.1 Å². The fourth-order valence-corrected chi connectivity index (χ4v) is 1.71. The molecule has 0 saturated carbocycles. The predicted octanol–water partition coefficient (Wildman–Crippen LogP) is 0.209. The fraction of sp³-hybridized carbons (Fsp3) is 0.308. The van der Waals surface area contributed by atoms with Gasteiger partial charge < -0.3 is 15.6 Å². The molecule has 100 valence electrons. The predicted molar refractivity (Wildman–Crippen MR) is 71.6 cm³/mol. The Balaban J connectivity index is 1.80. The van der Waals surface area contributed by atoms with Crippen molar-refractivity contribution in [3.8, 4) is 0 Å². The zero-order valence-corrected chi connectivity index (χ0v) is 10.6. The van der Waals surface area contributed by atoms with Crippen LogP contribution in [-0.4, -0.2) is 33.5 Å². The van der Waals surface area contributed by atoms with Crippen LogP contribution in [0.4, 0.5) is 0 Å². The van der Waals surface area contributed by atoms with E-state index in [4.69, 9.17) is 5.73 Å².